The van der Waals surface area contributed by atoms with Crippen LogP contribution in [0.2, 0.25) is 0 Å². The Bertz CT molecular complexity index is 652. The van der Waals surface area contributed by atoms with Crippen molar-refractivity contribution >= 4 is 11.9 Å². The molecule has 2 fully saturated rings. The molecule has 2 unspecified atom stereocenters. The summed E-state index contributed by atoms with van der Waals surface area (Å²) in [5.74, 6) is 2.61. The van der Waals surface area contributed by atoms with Crippen LogP contribution in [-0.2, 0) is 23.1 Å². The zero-order valence-corrected chi connectivity index (χ0v) is 15.9. The molecule has 9 heteroatoms. The number of amides is 1. The highest BCUT2D eigenvalue weighted by molar-refractivity contribution is 5.81. The van der Waals surface area contributed by atoms with Crippen molar-refractivity contribution in [3.8, 4) is 0 Å². The third-order valence-corrected chi connectivity index (χ3v) is 5.05. The fraction of sp³-hybridized carbons (Fsp3) is 0.765. The molecule has 3 rings (SSSR count). The number of nitrogens with zero attached hydrogens (tertiary/aromatic N) is 5. The number of rotatable bonds is 5. The maximum atomic E-state index is 11.7. The molecule has 9 nitrogen and oxygen atoms in total. The molecule has 3 heterocycles. The largest absolute Gasteiger partial charge is 0.376 e. The molecule has 0 radical (unpaired) electrons. The maximum Gasteiger partial charge on any atom is 0.222 e. The Hall–Kier alpha value is -2.16. The Kier molecular flexibility index (Phi) is 6.08. The fourth-order valence-electron chi connectivity index (χ4n) is 3.23. The van der Waals surface area contributed by atoms with Crippen molar-refractivity contribution < 1.29 is 9.53 Å². The Labute approximate surface area is 154 Å². The van der Waals surface area contributed by atoms with E-state index in [-0.39, 0.29) is 18.1 Å². The van der Waals surface area contributed by atoms with Gasteiger partial charge in [0.25, 0.3) is 0 Å². The molecule has 2 atom stereocenters. The zero-order chi connectivity index (χ0) is 18.5. The third kappa shape index (κ3) is 4.72. The highest BCUT2D eigenvalue weighted by atomic mass is 16.5. The number of piperidine rings is 1. The Morgan fingerprint density at radius 3 is 2.85 bits per heavy atom. The fourth-order valence-corrected chi connectivity index (χ4v) is 3.23. The number of hydrogen-bond acceptors (Lipinski definition) is 5. The summed E-state index contributed by atoms with van der Waals surface area (Å²) in [7, 11) is 3.78. The van der Waals surface area contributed by atoms with Crippen molar-refractivity contribution in [3.63, 3.8) is 0 Å². The van der Waals surface area contributed by atoms with Crippen LogP contribution in [0.4, 0.5) is 0 Å². The van der Waals surface area contributed by atoms with E-state index in [1.807, 2.05) is 25.6 Å². The number of hydrogen-bond donors (Lipinski definition) is 2. The Morgan fingerprint density at radius 1 is 1.35 bits per heavy atom. The van der Waals surface area contributed by atoms with E-state index in [1.54, 1.807) is 4.90 Å². The van der Waals surface area contributed by atoms with Gasteiger partial charge in [0.1, 0.15) is 12.4 Å². The van der Waals surface area contributed by atoms with Crippen molar-refractivity contribution in [2.75, 3.05) is 26.7 Å². The number of aromatic nitrogens is 3. The molecular formula is C17H29N7O2. The number of aryl methyl sites for hydroxylation is 1. The number of ether oxygens (including phenoxy) is 1. The maximum absolute atomic E-state index is 11.7. The lowest BCUT2D eigenvalue weighted by atomic mass is 10.1. The molecule has 0 aliphatic carbocycles. The van der Waals surface area contributed by atoms with Gasteiger partial charge >= 0.3 is 0 Å². The molecule has 1 amide bonds. The number of aliphatic imine (C=N–C) groups is 1. The summed E-state index contributed by atoms with van der Waals surface area (Å²) in [5.41, 5.74) is 0. The molecule has 0 bridgehead atoms. The van der Waals surface area contributed by atoms with Crippen LogP contribution in [-0.4, -0.2) is 70.4 Å². The van der Waals surface area contributed by atoms with Crippen LogP contribution in [0.3, 0.4) is 0 Å². The first-order valence-corrected chi connectivity index (χ1v) is 9.28. The summed E-state index contributed by atoms with van der Waals surface area (Å²) >= 11 is 0. The third-order valence-electron chi connectivity index (χ3n) is 5.05. The number of carbonyl (C=O) groups excluding carboxylic acids is 1. The Balaban J connectivity index is 1.63. The van der Waals surface area contributed by atoms with E-state index in [0.29, 0.717) is 19.5 Å². The molecule has 0 saturated carbocycles. The van der Waals surface area contributed by atoms with Crippen molar-refractivity contribution in [3.05, 3.63) is 11.6 Å². The minimum atomic E-state index is 0.190. The first kappa shape index (κ1) is 18.6. The summed E-state index contributed by atoms with van der Waals surface area (Å²) in [4.78, 5) is 18.1. The van der Waals surface area contributed by atoms with Gasteiger partial charge in [-0.15, -0.1) is 10.2 Å². The molecular weight excluding hydrogens is 334 g/mol. The summed E-state index contributed by atoms with van der Waals surface area (Å²) in [6.45, 7) is 4.61. The highest BCUT2D eigenvalue weighted by Crippen LogP contribution is 2.12. The predicted octanol–water partition coefficient (Wildman–Crippen LogP) is -0.0415. The number of likely N-dealkylation sites (tertiary alicyclic amines) is 1. The lowest BCUT2D eigenvalue weighted by Gasteiger charge is -2.31. The Morgan fingerprint density at radius 2 is 2.19 bits per heavy atom. The number of likely N-dealkylation sites (N-methyl/N-ethyl adjacent to an activating group) is 1. The number of carbonyl (C=O) groups is 1. The first-order chi connectivity index (χ1) is 12.5. The molecule has 26 heavy (non-hydrogen) atoms. The van der Waals surface area contributed by atoms with Crippen LogP contribution in [0.25, 0.3) is 0 Å². The quantitative estimate of drug-likeness (QED) is 0.563. The van der Waals surface area contributed by atoms with Crippen molar-refractivity contribution in [1.82, 2.24) is 30.3 Å². The highest BCUT2D eigenvalue weighted by Gasteiger charge is 2.24. The second-order valence-corrected chi connectivity index (χ2v) is 7.06. The van der Waals surface area contributed by atoms with Gasteiger partial charge in [0.2, 0.25) is 5.91 Å². The number of guanidine groups is 1. The van der Waals surface area contributed by atoms with Crippen molar-refractivity contribution in [2.45, 2.75) is 51.3 Å². The van der Waals surface area contributed by atoms with Gasteiger partial charge in [-0.2, -0.15) is 0 Å². The summed E-state index contributed by atoms with van der Waals surface area (Å²) in [6, 6.07) is 0.190. The SMILES string of the molecule is Cc1nnc(CN=C(NCC2CCCO2)NC2CCC(=O)N(C)C2)n1C. The lowest BCUT2D eigenvalue weighted by molar-refractivity contribution is -0.132. The van der Waals surface area contributed by atoms with Crippen LogP contribution in [0.1, 0.15) is 37.3 Å². The van der Waals surface area contributed by atoms with Crippen LogP contribution >= 0.6 is 0 Å². The van der Waals surface area contributed by atoms with E-state index in [0.717, 1.165) is 50.0 Å². The van der Waals surface area contributed by atoms with Gasteiger partial charge in [0, 0.05) is 46.3 Å². The molecule has 144 valence electrons. The minimum absolute atomic E-state index is 0.190. The van der Waals surface area contributed by atoms with Crippen molar-refractivity contribution in [1.29, 1.82) is 0 Å². The van der Waals surface area contributed by atoms with Gasteiger partial charge in [0.15, 0.2) is 11.8 Å². The van der Waals surface area contributed by atoms with Crippen molar-refractivity contribution in [2.24, 2.45) is 12.0 Å². The van der Waals surface area contributed by atoms with Gasteiger partial charge in [-0.3, -0.25) is 4.79 Å². The van der Waals surface area contributed by atoms with E-state index in [2.05, 4.69) is 25.8 Å². The average molecular weight is 363 g/mol. The first-order valence-electron chi connectivity index (χ1n) is 9.28. The van der Waals surface area contributed by atoms with Crippen LogP contribution in [0, 0.1) is 6.92 Å². The van der Waals surface area contributed by atoms with Gasteiger partial charge in [-0.25, -0.2) is 4.99 Å². The minimum Gasteiger partial charge on any atom is -0.376 e. The molecule has 0 aromatic carbocycles. The van der Waals surface area contributed by atoms with Crippen LogP contribution < -0.4 is 10.6 Å². The molecule has 0 spiro atoms. The van der Waals surface area contributed by atoms with E-state index in [4.69, 9.17) is 4.74 Å². The smallest absolute Gasteiger partial charge is 0.222 e. The summed E-state index contributed by atoms with van der Waals surface area (Å²) in [5, 5.41) is 15.1. The molecule has 2 aliphatic rings. The second kappa shape index (κ2) is 8.48. The van der Waals surface area contributed by atoms with E-state index >= 15 is 0 Å². The summed E-state index contributed by atoms with van der Waals surface area (Å²) in [6.07, 6.45) is 3.79. The molecule has 1 aromatic heterocycles. The molecule has 1 aromatic rings. The average Bonchev–Trinajstić information content (AvgIpc) is 3.25. The van der Waals surface area contributed by atoms with E-state index in [9.17, 15) is 4.79 Å². The number of nitrogens with one attached hydrogen (secondary N) is 2. The molecule has 2 N–H and O–H groups in total. The summed E-state index contributed by atoms with van der Waals surface area (Å²) < 4.78 is 7.62. The van der Waals surface area contributed by atoms with E-state index < -0.39 is 0 Å². The normalized spacial score (nSPS) is 24.2. The monoisotopic (exact) mass is 363 g/mol. The second-order valence-electron chi connectivity index (χ2n) is 7.06. The lowest BCUT2D eigenvalue weighted by Crippen LogP contribution is -2.52. The molecule has 2 saturated heterocycles. The van der Waals surface area contributed by atoms with Gasteiger partial charge in [-0.1, -0.05) is 0 Å². The predicted molar refractivity (Wildman–Crippen MR) is 97.7 cm³/mol. The molecule has 2 aliphatic heterocycles. The van der Waals surface area contributed by atoms with Gasteiger partial charge in [0.05, 0.1) is 6.10 Å². The van der Waals surface area contributed by atoms with Crippen LogP contribution in [0.5, 0.6) is 0 Å². The standard InChI is InChI=1S/C17H29N7O2/c1-12-21-22-15(24(12)3)10-19-17(18-9-14-5-4-8-26-14)20-13-6-7-16(25)23(2)11-13/h13-14H,4-11H2,1-3H3,(H2,18,19,20). The van der Waals surface area contributed by atoms with Gasteiger partial charge in [-0.05, 0) is 26.2 Å². The van der Waals surface area contributed by atoms with E-state index in [1.165, 1.54) is 0 Å². The topological polar surface area (TPSA) is 96.7 Å². The zero-order valence-electron chi connectivity index (χ0n) is 15.9. The van der Waals surface area contributed by atoms with Crippen LogP contribution in [0.15, 0.2) is 4.99 Å². The van der Waals surface area contributed by atoms with Gasteiger partial charge < -0.3 is 24.8 Å².